The van der Waals surface area contributed by atoms with Gasteiger partial charge in [-0.25, -0.2) is 13.4 Å². The van der Waals surface area contributed by atoms with E-state index in [0.717, 1.165) is 10.0 Å². The van der Waals surface area contributed by atoms with Crippen molar-refractivity contribution in [1.82, 2.24) is 4.98 Å². The van der Waals surface area contributed by atoms with Crippen LogP contribution in [0.3, 0.4) is 0 Å². The van der Waals surface area contributed by atoms with Gasteiger partial charge >= 0.3 is 0 Å². The number of carbonyl (C=O) groups is 2. The van der Waals surface area contributed by atoms with Gasteiger partial charge in [0, 0.05) is 32.1 Å². The third-order valence-corrected chi connectivity index (χ3v) is 8.81. The summed E-state index contributed by atoms with van der Waals surface area (Å²) in [6.45, 7) is 0. The lowest BCUT2D eigenvalue weighted by Gasteiger charge is -2.19. The fourth-order valence-electron chi connectivity index (χ4n) is 3.80. The molecule has 1 aliphatic rings. The highest BCUT2D eigenvalue weighted by molar-refractivity contribution is 9.10. The molecule has 2 heterocycles. The van der Waals surface area contributed by atoms with Crippen molar-refractivity contribution < 1.29 is 18.0 Å². The molecule has 0 amide bonds. The van der Waals surface area contributed by atoms with E-state index >= 15 is 0 Å². The number of ketones is 2. The number of benzene rings is 3. The molecule has 0 fully saturated rings. The predicted molar refractivity (Wildman–Crippen MR) is 130 cm³/mol. The molecular formula is C25H13BrN2O4S2. The molecule has 1 aliphatic heterocycles. The minimum Gasteiger partial charge on any atom is -0.292 e. The Balaban J connectivity index is 1.52. The number of hydrogen-bond acceptors (Lipinski definition) is 7. The molecule has 0 unspecified atom stereocenters. The molecule has 166 valence electrons. The van der Waals surface area contributed by atoms with Gasteiger partial charge in [0.25, 0.3) is 0 Å². The zero-order chi connectivity index (χ0) is 24.0. The van der Waals surface area contributed by atoms with E-state index < -0.39 is 27.3 Å². The monoisotopic (exact) mass is 548 g/mol. The summed E-state index contributed by atoms with van der Waals surface area (Å²) in [5.74, 6) is -2.21. The highest BCUT2D eigenvalue weighted by atomic mass is 79.9. The van der Waals surface area contributed by atoms with Crippen molar-refractivity contribution in [3.63, 3.8) is 0 Å². The number of carbonyl (C=O) groups excluding carboxylic acids is 2. The summed E-state index contributed by atoms with van der Waals surface area (Å²) in [5, 5.41) is 11.8. The summed E-state index contributed by atoms with van der Waals surface area (Å²) in [6, 6.07) is 19.4. The first-order valence-electron chi connectivity index (χ1n) is 9.99. The molecule has 1 atom stereocenters. The minimum atomic E-state index is -4.00. The first-order chi connectivity index (χ1) is 16.3. The van der Waals surface area contributed by atoms with Gasteiger partial charge in [0.05, 0.1) is 21.6 Å². The predicted octanol–water partition coefficient (Wildman–Crippen LogP) is 5.44. The van der Waals surface area contributed by atoms with Crippen LogP contribution < -0.4 is 0 Å². The maximum absolute atomic E-state index is 13.2. The largest absolute Gasteiger partial charge is 0.292 e. The number of sulfone groups is 1. The van der Waals surface area contributed by atoms with E-state index in [4.69, 9.17) is 0 Å². The Kier molecular flexibility index (Phi) is 5.52. The van der Waals surface area contributed by atoms with Gasteiger partial charge in [-0.3, -0.25) is 9.59 Å². The average Bonchev–Trinajstić information content (AvgIpc) is 3.33. The smallest absolute Gasteiger partial charge is 0.208 e. The maximum atomic E-state index is 13.2. The molecule has 0 saturated heterocycles. The minimum absolute atomic E-state index is 0.00975. The van der Waals surface area contributed by atoms with Gasteiger partial charge in [-0.2, -0.15) is 5.26 Å². The number of Topliss-reactive ketones (excluding diaryl/α,β-unsaturated/α-hetero) is 1. The lowest BCUT2D eigenvalue weighted by atomic mass is 9.96. The molecule has 0 saturated carbocycles. The number of nitrogens with zero attached hydrogens (tertiary/aromatic N) is 2. The highest BCUT2D eigenvalue weighted by Crippen LogP contribution is 2.36. The van der Waals surface area contributed by atoms with Crippen molar-refractivity contribution in [3.8, 4) is 17.3 Å². The van der Waals surface area contributed by atoms with Crippen LogP contribution in [-0.4, -0.2) is 25.0 Å². The summed E-state index contributed by atoms with van der Waals surface area (Å²) in [6.07, 6.45) is 0. The number of hydrogen-bond donors (Lipinski definition) is 0. The standard InChI is InChI=1S/C25H13BrN2O4S2/c26-16-8-5-14(6-9-16)20-13-33-25(28-20)19(12-27)23(29)15-7-10-18-22(11-15)34(31,32)21-4-2-1-3-17(21)24(18)30/h1-11,13,19H/t19-/m0/s1. The number of rotatable bonds is 4. The second-order valence-corrected chi connectivity index (χ2v) is 11.2. The van der Waals surface area contributed by atoms with E-state index in [1.807, 2.05) is 30.3 Å². The Hall–Kier alpha value is -3.45. The normalized spacial score (nSPS) is 14.5. The lowest BCUT2D eigenvalue weighted by Crippen LogP contribution is -2.21. The van der Waals surface area contributed by atoms with Gasteiger partial charge in [-0.1, -0.05) is 46.3 Å². The number of fused-ring (bicyclic) bond motifs is 2. The maximum Gasteiger partial charge on any atom is 0.208 e. The van der Waals surface area contributed by atoms with Gasteiger partial charge in [0.15, 0.2) is 17.5 Å². The molecule has 0 aliphatic carbocycles. The summed E-state index contributed by atoms with van der Waals surface area (Å²) in [7, 11) is -4.00. The topological polar surface area (TPSA) is 105 Å². The zero-order valence-electron chi connectivity index (χ0n) is 17.2. The van der Waals surface area contributed by atoms with Crippen LogP contribution in [0.4, 0.5) is 0 Å². The van der Waals surface area contributed by atoms with Crippen LogP contribution >= 0.6 is 27.3 Å². The Morgan fingerprint density at radius 1 is 1.00 bits per heavy atom. The second-order valence-electron chi connectivity index (χ2n) is 7.54. The molecule has 1 aromatic heterocycles. The molecular weight excluding hydrogens is 536 g/mol. The van der Waals surface area contributed by atoms with E-state index in [2.05, 4.69) is 20.9 Å². The highest BCUT2D eigenvalue weighted by Gasteiger charge is 2.36. The SMILES string of the molecule is N#C[C@@H](C(=O)c1ccc2c(c1)S(=O)(=O)c1ccccc1C2=O)c1nc(-c2ccc(Br)cc2)cs1. The van der Waals surface area contributed by atoms with E-state index in [1.54, 1.807) is 17.5 Å². The Labute approximate surface area is 207 Å². The van der Waals surface area contributed by atoms with Crippen molar-refractivity contribution in [2.45, 2.75) is 15.7 Å². The third-order valence-electron chi connectivity index (χ3n) is 5.52. The number of halogens is 1. The van der Waals surface area contributed by atoms with Crippen LogP contribution in [0.1, 0.15) is 37.2 Å². The van der Waals surface area contributed by atoms with Crippen molar-refractivity contribution in [1.29, 1.82) is 5.26 Å². The quantitative estimate of drug-likeness (QED) is 0.277. The number of aromatic nitrogens is 1. The fraction of sp³-hybridized carbons (Fsp3) is 0.0400. The molecule has 3 aromatic carbocycles. The van der Waals surface area contributed by atoms with Crippen molar-refractivity contribution in [2.75, 3.05) is 0 Å². The molecule has 0 spiro atoms. The van der Waals surface area contributed by atoms with Crippen molar-refractivity contribution in [3.05, 3.63) is 98.3 Å². The van der Waals surface area contributed by atoms with E-state index in [9.17, 15) is 23.3 Å². The molecule has 4 aromatic rings. The van der Waals surface area contributed by atoms with Gasteiger partial charge in [0.2, 0.25) is 9.84 Å². The van der Waals surface area contributed by atoms with Crippen molar-refractivity contribution >= 4 is 48.7 Å². The van der Waals surface area contributed by atoms with E-state index in [0.29, 0.717) is 10.7 Å². The summed E-state index contributed by atoms with van der Waals surface area (Å²) in [5.41, 5.74) is 1.62. The van der Waals surface area contributed by atoms with Gasteiger partial charge in [-0.15, -0.1) is 11.3 Å². The van der Waals surface area contributed by atoms with Gasteiger partial charge < -0.3 is 0 Å². The first-order valence-corrected chi connectivity index (χ1v) is 13.1. The Bertz CT molecular complexity index is 1630. The number of thiazole rings is 1. The molecule has 0 bridgehead atoms. The van der Waals surface area contributed by atoms with Gasteiger partial charge in [0.1, 0.15) is 5.01 Å². The Morgan fingerprint density at radius 3 is 2.44 bits per heavy atom. The van der Waals surface area contributed by atoms with Crippen LogP contribution in [0.15, 0.2) is 86.4 Å². The fourth-order valence-corrected chi connectivity index (χ4v) is 6.61. The Morgan fingerprint density at radius 2 is 1.71 bits per heavy atom. The lowest BCUT2D eigenvalue weighted by molar-refractivity contribution is 0.0975. The van der Waals surface area contributed by atoms with E-state index in [-0.39, 0.29) is 26.5 Å². The van der Waals surface area contributed by atoms with E-state index in [1.165, 1.54) is 41.7 Å². The number of nitriles is 1. The van der Waals surface area contributed by atoms with Gasteiger partial charge in [-0.05, 0) is 36.4 Å². The molecule has 0 N–H and O–H groups in total. The summed E-state index contributed by atoms with van der Waals surface area (Å²) < 4.78 is 27.3. The molecule has 9 heteroatoms. The zero-order valence-corrected chi connectivity index (χ0v) is 20.4. The molecule has 5 rings (SSSR count). The molecule has 34 heavy (non-hydrogen) atoms. The third kappa shape index (κ3) is 3.60. The molecule has 0 radical (unpaired) electrons. The average molecular weight is 549 g/mol. The summed E-state index contributed by atoms with van der Waals surface area (Å²) in [4.78, 5) is 30.2. The van der Waals surface area contributed by atoms with Crippen LogP contribution in [0, 0.1) is 11.3 Å². The first kappa shape index (κ1) is 22.3. The van der Waals surface area contributed by atoms with Crippen LogP contribution in [-0.2, 0) is 9.84 Å². The molecule has 6 nitrogen and oxygen atoms in total. The summed E-state index contributed by atoms with van der Waals surface area (Å²) >= 11 is 4.57. The van der Waals surface area contributed by atoms with Crippen LogP contribution in [0.5, 0.6) is 0 Å². The van der Waals surface area contributed by atoms with Crippen LogP contribution in [0.2, 0.25) is 0 Å². The van der Waals surface area contributed by atoms with Crippen molar-refractivity contribution in [2.24, 2.45) is 0 Å². The second kappa shape index (κ2) is 8.40. The van der Waals surface area contributed by atoms with Crippen LogP contribution in [0.25, 0.3) is 11.3 Å².